The summed E-state index contributed by atoms with van der Waals surface area (Å²) in [7, 11) is 0. The Morgan fingerprint density at radius 2 is 2.20 bits per heavy atom. The summed E-state index contributed by atoms with van der Waals surface area (Å²) in [5.74, 6) is 0. The maximum Gasteiger partial charge on any atom is 0.434 e. The second-order valence-electron chi connectivity index (χ2n) is 2.55. The molecule has 1 N–H and O–H groups in total. The van der Waals surface area contributed by atoms with Crippen molar-refractivity contribution in [2.75, 3.05) is 5.33 Å². The van der Waals surface area contributed by atoms with E-state index in [2.05, 4.69) is 25.9 Å². The van der Waals surface area contributed by atoms with Crippen molar-refractivity contribution < 1.29 is 13.2 Å². The van der Waals surface area contributed by atoms with Crippen molar-refractivity contribution in [2.45, 2.75) is 6.18 Å². The van der Waals surface area contributed by atoms with Gasteiger partial charge in [0.15, 0.2) is 5.69 Å². The fourth-order valence-electron chi connectivity index (χ4n) is 0.953. The molecule has 0 saturated heterocycles. The molecule has 0 bridgehead atoms. The van der Waals surface area contributed by atoms with Crippen molar-refractivity contribution in [2.24, 2.45) is 0 Å². The predicted octanol–water partition coefficient (Wildman–Crippen LogP) is 2.20. The number of nitrogens with zero attached hydrogens (tertiary/aromatic N) is 1. The van der Waals surface area contributed by atoms with Crippen molar-refractivity contribution in [1.82, 2.24) is 9.97 Å². The fraction of sp³-hybridized carbons (Fsp3) is 0.250. The summed E-state index contributed by atoms with van der Waals surface area (Å²) in [4.78, 5) is 16.3. The van der Waals surface area contributed by atoms with Gasteiger partial charge in [-0.2, -0.15) is 13.2 Å². The molecule has 82 valence electrons. The highest BCUT2D eigenvalue weighted by Gasteiger charge is 2.35. The zero-order chi connectivity index (χ0) is 11.5. The molecule has 0 aliphatic rings. The first kappa shape index (κ1) is 12.0. The molecule has 7 heteroatoms. The first-order valence-electron chi connectivity index (χ1n) is 3.84. The summed E-state index contributed by atoms with van der Waals surface area (Å²) in [5, 5.41) is 0.360. The van der Waals surface area contributed by atoms with E-state index in [1.54, 1.807) is 0 Å². The van der Waals surface area contributed by atoms with Crippen LogP contribution >= 0.6 is 15.9 Å². The summed E-state index contributed by atoms with van der Waals surface area (Å²) in [6.07, 6.45) is -1.41. The van der Waals surface area contributed by atoms with E-state index in [0.717, 1.165) is 12.4 Å². The minimum atomic E-state index is -4.62. The molecule has 0 spiro atoms. The molecule has 0 fully saturated rings. The van der Waals surface area contributed by atoms with Gasteiger partial charge in [0.2, 0.25) is 0 Å². The number of H-pyrrole nitrogens is 1. The van der Waals surface area contributed by atoms with Crippen LogP contribution in [0.1, 0.15) is 11.3 Å². The minimum Gasteiger partial charge on any atom is -0.313 e. The molecule has 0 aliphatic heterocycles. The quantitative estimate of drug-likeness (QED) is 0.846. The summed E-state index contributed by atoms with van der Waals surface area (Å²) in [6.45, 7) is 0. The summed E-state index contributed by atoms with van der Waals surface area (Å²) in [5.41, 5.74) is -2.47. The number of halogens is 4. The van der Waals surface area contributed by atoms with Crippen molar-refractivity contribution in [1.29, 1.82) is 0 Å². The molecule has 1 heterocycles. The van der Waals surface area contributed by atoms with Gasteiger partial charge in [0.25, 0.3) is 5.56 Å². The minimum absolute atomic E-state index is 0.360. The van der Waals surface area contributed by atoms with Crippen molar-refractivity contribution in [3.8, 4) is 0 Å². The molecule has 1 rings (SSSR count). The first-order valence-corrected chi connectivity index (χ1v) is 4.96. The fourth-order valence-corrected chi connectivity index (χ4v) is 1.14. The van der Waals surface area contributed by atoms with Gasteiger partial charge < -0.3 is 4.98 Å². The van der Waals surface area contributed by atoms with Gasteiger partial charge in [-0.15, -0.1) is 0 Å². The van der Waals surface area contributed by atoms with Gasteiger partial charge in [0.05, 0.1) is 11.9 Å². The summed E-state index contributed by atoms with van der Waals surface area (Å²) < 4.78 is 37.2. The zero-order valence-corrected chi connectivity index (χ0v) is 8.89. The average molecular weight is 283 g/mol. The second kappa shape index (κ2) is 4.61. The van der Waals surface area contributed by atoms with E-state index in [1.807, 2.05) is 0 Å². The lowest BCUT2D eigenvalue weighted by Gasteiger charge is -2.07. The van der Waals surface area contributed by atoms with Crippen LogP contribution in [0, 0.1) is 0 Å². The van der Waals surface area contributed by atoms with Crippen LogP contribution in [-0.4, -0.2) is 15.3 Å². The molecular formula is C8H6BrF3N2O. The lowest BCUT2D eigenvalue weighted by atomic mass is 10.2. The molecule has 0 radical (unpaired) electrons. The van der Waals surface area contributed by atoms with Gasteiger partial charge in [0, 0.05) is 5.33 Å². The smallest absolute Gasteiger partial charge is 0.313 e. The largest absolute Gasteiger partial charge is 0.434 e. The number of hydrogen-bond donors (Lipinski definition) is 1. The number of aromatic nitrogens is 2. The van der Waals surface area contributed by atoms with Crippen LogP contribution in [-0.2, 0) is 6.18 Å². The van der Waals surface area contributed by atoms with Crippen LogP contribution in [0.2, 0.25) is 0 Å². The number of alkyl halides is 4. The Morgan fingerprint density at radius 3 is 2.73 bits per heavy atom. The zero-order valence-electron chi connectivity index (χ0n) is 7.31. The highest BCUT2D eigenvalue weighted by molar-refractivity contribution is 9.09. The first-order chi connectivity index (χ1) is 6.96. The van der Waals surface area contributed by atoms with E-state index >= 15 is 0 Å². The molecule has 0 saturated carbocycles. The molecule has 1 aromatic heterocycles. The predicted molar refractivity (Wildman–Crippen MR) is 52.7 cm³/mol. The van der Waals surface area contributed by atoms with E-state index < -0.39 is 23.0 Å². The Kier molecular flexibility index (Phi) is 3.67. The lowest BCUT2D eigenvalue weighted by Crippen LogP contribution is -2.20. The van der Waals surface area contributed by atoms with Crippen molar-refractivity contribution in [3.05, 3.63) is 34.0 Å². The van der Waals surface area contributed by atoms with E-state index in [-0.39, 0.29) is 0 Å². The van der Waals surface area contributed by atoms with Gasteiger partial charge in [0.1, 0.15) is 0 Å². The van der Waals surface area contributed by atoms with Crippen molar-refractivity contribution >= 4 is 22.0 Å². The standard InChI is InChI=1S/C8H6BrF3N2O/c9-3-1-2-5-6(8(10,11)12)13-4-14-7(5)15/h1-2,4H,3H2,(H,13,14,15). The van der Waals surface area contributed by atoms with Gasteiger partial charge in [-0.05, 0) is 0 Å². The highest BCUT2D eigenvalue weighted by Crippen LogP contribution is 2.28. The molecular weight excluding hydrogens is 277 g/mol. The van der Waals surface area contributed by atoms with Crippen molar-refractivity contribution in [3.63, 3.8) is 0 Å². The molecule has 3 nitrogen and oxygen atoms in total. The third kappa shape index (κ3) is 2.92. The monoisotopic (exact) mass is 282 g/mol. The third-order valence-corrected chi connectivity index (χ3v) is 1.90. The normalized spacial score (nSPS) is 12.3. The van der Waals surface area contributed by atoms with Gasteiger partial charge in [-0.1, -0.05) is 28.1 Å². The third-order valence-electron chi connectivity index (χ3n) is 1.53. The van der Waals surface area contributed by atoms with E-state index in [0.29, 0.717) is 5.33 Å². The van der Waals surface area contributed by atoms with E-state index in [1.165, 1.54) is 6.08 Å². The summed E-state index contributed by atoms with van der Waals surface area (Å²) >= 11 is 3.01. The Labute approximate surface area is 91.2 Å². The SMILES string of the molecule is O=c1[nH]cnc(C(F)(F)F)c1C=CCBr. The molecule has 0 atom stereocenters. The Bertz CT molecular complexity index is 425. The second-order valence-corrected chi connectivity index (χ2v) is 3.20. The number of allylic oxidation sites excluding steroid dienone is 1. The molecule has 0 amide bonds. The maximum atomic E-state index is 12.4. The van der Waals surface area contributed by atoms with E-state index in [4.69, 9.17) is 0 Å². The van der Waals surface area contributed by atoms with Gasteiger partial charge in [-0.3, -0.25) is 4.79 Å². The molecule has 1 aromatic rings. The molecule has 0 unspecified atom stereocenters. The Balaban J connectivity index is 3.34. The Morgan fingerprint density at radius 1 is 1.53 bits per heavy atom. The average Bonchev–Trinajstić information content (AvgIpc) is 2.14. The Hall–Kier alpha value is -1.11. The van der Waals surface area contributed by atoms with Crippen LogP contribution in [0.5, 0.6) is 0 Å². The van der Waals surface area contributed by atoms with Gasteiger partial charge in [-0.25, -0.2) is 4.98 Å². The molecule has 15 heavy (non-hydrogen) atoms. The van der Waals surface area contributed by atoms with Crippen LogP contribution in [0.4, 0.5) is 13.2 Å². The van der Waals surface area contributed by atoms with Crippen LogP contribution < -0.4 is 5.56 Å². The number of rotatable bonds is 2. The van der Waals surface area contributed by atoms with Crippen LogP contribution in [0.25, 0.3) is 6.08 Å². The molecule has 0 aromatic carbocycles. The molecule has 0 aliphatic carbocycles. The lowest BCUT2D eigenvalue weighted by molar-refractivity contribution is -0.141. The number of nitrogens with one attached hydrogen (secondary N) is 1. The van der Waals surface area contributed by atoms with Crippen LogP contribution in [0.15, 0.2) is 17.2 Å². The summed E-state index contributed by atoms with van der Waals surface area (Å²) in [6, 6.07) is 0. The highest BCUT2D eigenvalue weighted by atomic mass is 79.9. The number of hydrogen-bond acceptors (Lipinski definition) is 2. The van der Waals surface area contributed by atoms with Crippen LogP contribution in [0.3, 0.4) is 0 Å². The van der Waals surface area contributed by atoms with Gasteiger partial charge >= 0.3 is 6.18 Å². The maximum absolute atomic E-state index is 12.4. The van der Waals surface area contributed by atoms with E-state index in [9.17, 15) is 18.0 Å². The number of aromatic amines is 1. The topological polar surface area (TPSA) is 45.8 Å².